The van der Waals surface area contributed by atoms with Crippen molar-refractivity contribution < 1.29 is 4.74 Å². The first kappa shape index (κ1) is 10.1. The number of hydrogen-bond acceptors (Lipinski definition) is 4. The van der Waals surface area contributed by atoms with Crippen molar-refractivity contribution >= 4 is 0 Å². The van der Waals surface area contributed by atoms with E-state index in [-0.39, 0.29) is 0 Å². The highest BCUT2D eigenvalue weighted by Crippen LogP contribution is 2.27. The van der Waals surface area contributed by atoms with E-state index in [2.05, 4.69) is 16.0 Å². The fourth-order valence-electron chi connectivity index (χ4n) is 1.44. The monoisotopic (exact) mass is 211 g/mol. The Morgan fingerprint density at radius 3 is 2.69 bits per heavy atom. The zero-order valence-corrected chi connectivity index (χ0v) is 8.71. The molecule has 4 heteroatoms. The molecule has 0 spiro atoms. The van der Waals surface area contributed by atoms with Crippen molar-refractivity contribution in [3.63, 3.8) is 0 Å². The van der Waals surface area contributed by atoms with Gasteiger partial charge in [0.1, 0.15) is 6.07 Å². The maximum atomic E-state index is 8.99. The van der Waals surface area contributed by atoms with Crippen LogP contribution in [0.5, 0.6) is 5.88 Å². The van der Waals surface area contributed by atoms with E-state index in [1.54, 1.807) is 37.7 Å². The standard InChI is InChI=1S/C12H9N3O/c1-16-12-10(5-3-7-15-12)11-9(8-13)4-2-6-14-11/h2-7H,1H3. The van der Waals surface area contributed by atoms with Crippen LogP contribution in [0.25, 0.3) is 11.3 Å². The van der Waals surface area contributed by atoms with Crippen molar-refractivity contribution in [1.82, 2.24) is 9.97 Å². The van der Waals surface area contributed by atoms with Gasteiger partial charge in [-0.15, -0.1) is 0 Å². The first-order valence-electron chi connectivity index (χ1n) is 4.71. The van der Waals surface area contributed by atoms with Crippen LogP contribution in [0.1, 0.15) is 5.56 Å². The second-order valence-corrected chi connectivity index (χ2v) is 3.07. The van der Waals surface area contributed by atoms with Gasteiger partial charge in [0.05, 0.1) is 23.9 Å². The minimum absolute atomic E-state index is 0.470. The van der Waals surface area contributed by atoms with Crippen LogP contribution in [0.15, 0.2) is 36.7 Å². The lowest BCUT2D eigenvalue weighted by molar-refractivity contribution is 0.399. The Labute approximate surface area is 93.2 Å². The number of ether oxygens (including phenoxy) is 1. The summed E-state index contributed by atoms with van der Waals surface area (Å²) in [4.78, 5) is 8.26. The molecule has 2 aromatic heterocycles. The lowest BCUT2D eigenvalue weighted by atomic mass is 10.1. The molecule has 0 atom stereocenters. The minimum Gasteiger partial charge on any atom is -0.481 e. The van der Waals surface area contributed by atoms with Crippen LogP contribution >= 0.6 is 0 Å². The maximum Gasteiger partial charge on any atom is 0.222 e. The van der Waals surface area contributed by atoms with Gasteiger partial charge in [0.25, 0.3) is 0 Å². The zero-order valence-electron chi connectivity index (χ0n) is 8.71. The summed E-state index contributed by atoms with van der Waals surface area (Å²) in [5.74, 6) is 0.470. The van der Waals surface area contributed by atoms with Crippen LogP contribution in [0.4, 0.5) is 0 Å². The summed E-state index contributed by atoms with van der Waals surface area (Å²) in [5.41, 5.74) is 1.82. The fraction of sp³-hybridized carbons (Fsp3) is 0.0833. The van der Waals surface area contributed by atoms with Crippen molar-refractivity contribution in [1.29, 1.82) is 5.26 Å². The highest BCUT2D eigenvalue weighted by molar-refractivity contribution is 5.70. The molecule has 0 aliphatic heterocycles. The molecule has 0 aromatic carbocycles. The summed E-state index contributed by atoms with van der Waals surface area (Å²) in [5, 5.41) is 8.99. The maximum absolute atomic E-state index is 8.99. The van der Waals surface area contributed by atoms with Crippen molar-refractivity contribution in [2.45, 2.75) is 0 Å². The summed E-state index contributed by atoms with van der Waals surface area (Å²) >= 11 is 0. The van der Waals surface area contributed by atoms with Gasteiger partial charge < -0.3 is 4.74 Å². The van der Waals surface area contributed by atoms with Crippen molar-refractivity contribution in [2.75, 3.05) is 7.11 Å². The molecule has 0 fully saturated rings. The third-order valence-electron chi connectivity index (χ3n) is 2.15. The second-order valence-electron chi connectivity index (χ2n) is 3.07. The van der Waals surface area contributed by atoms with Gasteiger partial charge in [0.15, 0.2) is 0 Å². The average molecular weight is 211 g/mol. The molecule has 0 aliphatic rings. The summed E-state index contributed by atoms with van der Waals surface area (Å²) in [6, 6.07) is 9.16. The van der Waals surface area contributed by atoms with Crippen LogP contribution in [-0.4, -0.2) is 17.1 Å². The Balaban J connectivity index is 2.64. The molecule has 2 rings (SSSR count). The molecule has 2 aromatic rings. The van der Waals surface area contributed by atoms with Gasteiger partial charge in [-0.2, -0.15) is 5.26 Å². The van der Waals surface area contributed by atoms with E-state index in [1.165, 1.54) is 0 Å². The van der Waals surface area contributed by atoms with E-state index < -0.39 is 0 Å². The molecule has 16 heavy (non-hydrogen) atoms. The van der Waals surface area contributed by atoms with Crippen molar-refractivity contribution in [2.24, 2.45) is 0 Å². The van der Waals surface area contributed by atoms with Crippen LogP contribution in [0, 0.1) is 11.3 Å². The smallest absolute Gasteiger partial charge is 0.222 e. The van der Waals surface area contributed by atoms with E-state index in [9.17, 15) is 0 Å². The Bertz CT molecular complexity index is 546. The molecule has 0 bridgehead atoms. The summed E-state index contributed by atoms with van der Waals surface area (Å²) in [7, 11) is 1.54. The third kappa shape index (κ3) is 1.71. The molecule has 0 N–H and O–H groups in total. The van der Waals surface area contributed by atoms with Crippen LogP contribution in [0.3, 0.4) is 0 Å². The number of hydrogen-bond donors (Lipinski definition) is 0. The molecule has 2 heterocycles. The van der Waals surface area contributed by atoms with Crippen LogP contribution in [-0.2, 0) is 0 Å². The number of pyridine rings is 2. The average Bonchev–Trinajstić information content (AvgIpc) is 2.38. The minimum atomic E-state index is 0.470. The van der Waals surface area contributed by atoms with Gasteiger partial charge in [-0.25, -0.2) is 4.98 Å². The molecule has 0 radical (unpaired) electrons. The molecule has 4 nitrogen and oxygen atoms in total. The quantitative estimate of drug-likeness (QED) is 0.762. The van der Waals surface area contributed by atoms with E-state index in [0.29, 0.717) is 17.1 Å². The predicted octanol–water partition coefficient (Wildman–Crippen LogP) is 2.02. The summed E-state index contributed by atoms with van der Waals surface area (Å²) < 4.78 is 5.14. The summed E-state index contributed by atoms with van der Waals surface area (Å²) in [6.45, 7) is 0. The molecule has 0 aliphatic carbocycles. The van der Waals surface area contributed by atoms with Gasteiger partial charge in [0, 0.05) is 12.4 Å². The number of nitriles is 1. The molecule has 0 amide bonds. The molecule has 0 saturated carbocycles. The molecular weight excluding hydrogens is 202 g/mol. The van der Waals surface area contributed by atoms with Gasteiger partial charge in [-0.3, -0.25) is 4.98 Å². The number of rotatable bonds is 2. The van der Waals surface area contributed by atoms with Gasteiger partial charge in [-0.1, -0.05) is 0 Å². The van der Waals surface area contributed by atoms with Crippen molar-refractivity contribution in [3.05, 3.63) is 42.2 Å². The van der Waals surface area contributed by atoms with E-state index >= 15 is 0 Å². The first-order chi connectivity index (χ1) is 7.86. The highest BCUT2D eigenvalue weighted by Gasteiger charge is 2.11. The number of aromatic nitrogens is 2. The highest BCUT2D eigenvalue weighted by atomic mass is 16.5. The molecule has 0 saturated heterocycles. The second kappa shape index (κ2) is 4.41. The van der Waals surface area contributed by atoms with Crippen molar-refractivity contribution in [3.8, 4) is 23.2 Å². The number of methoxy groups -OCH3 is 1. The fourth-order valence-corrected chi connectivity index (χ4v) is 1.44. The Morgan fingerprint density at radius 2 is 1.94 bits per heavy atom. The topological polar surface area (TPSA) is 58.8 Å². The Hall–Kier alpha value is -2.41. The van der Waals surface area contributed by atoms with E-state index in [0.717, 1.165) is 5.56 Å². The lowest BCUT2D eigenvalue weighted by Crippen LogP contribution is -1.94. The van der Waals surface area contributed by atoms with Gasteiger partial charge >= 0.3 is 0 Å². The Kier molecular flexibility index (Phi) is 2.79. The van der Waals surface area contributed by atoms with Crippen LogP contribution in [0.2, 0.25) is 0 Å². The Morgan fingerprint density at radius 1 is 1.19 bits per heavy atom. The SMILES string of the molecule is COc1ncccc1-c1ncccc1C#N. The molecule has 78 valence electrons. The van der Waals surface area contributed by atoms with Crippen LogP contribution < -0.4 is 4.74 Å². The normalized spacial score (nSPS) is 9.50. The van der Waals surface area contributed by atoms with E-state index in [1.807, 2.05) is 6.07 Å². The zero-order chi connectivity index (χ0) is 11.4. The molecule has 0 unspecified atom stereocenters. The largest absolute Gasteiger partial charge is 0.481 e. The summed E-state index contributed by atoms with van der Waals surface area (Å²) in [6.07, 6.45) is 3.28. The van der Waals surface area contributed by atoms with Gasteiger partial charge in [0.2, 0.25) is 5.88 Å². The van der Waals surface area contributed by atoms with E-state index in [4.69, 9.17) is 10.00 Å². The third-order valence-corrected chi connectivity index (χ3v) is 2.15. The first-order valence-corrected chi connectivity index (χ1v) is 4.71. The van der Waals surface area contributed by atoms with Gasteiger partial charge in [-0.05, 0) is 24.3 Å². The number of nitrogens with zero attached hydrogens (tertiary/aromatic N) is 3. The predicted molar refractivity (Wildman–Crippen MR) is 58.7 cm³/mol. The molecular formula is C12H9N3O. The lowest BCUT2D eigenvalue weighted by Gasteiger charge is -2.06.